The van der Waals surface area contributed by atoms with Crippen molar-refractivity contribution >= 4 is 77.7 Å². The minimum absolute atomic E-state index is 0. The van der Waals surface area contributed by atoms with Gasteiger partial charge in [-0.3, -0.25) is 9.71 Å². The molecule has 1 fully saturated rings. The number of thiophene rings is 1. The molecule has 0 aliphatic carbocycles. The fourth-order valence-corrected chi connectivity index (χ4v) is 7.59. The molecule has 0 radical (unpaired) electrons. The Kier molecular flexibility index (Phi) is 6.99. The normalized spacial score (nSPS) is 18.8. The lowest BCUT2D eigenvalue weighted by molar-refractivity contribution is 0.407. The molecule has 1 aliphatic rings. The van der Waals surface area contributed by atoms with Crippen molar-refractivity contribution in [3.63, 3.8) is 0 Å². The number of piperazine rings is 1. The molecule has 6 nitrogen and oxygen atoms in total. The third-order valence-electron chi connectivity index (χ3n) is 5.97. The molecular formula is C24H26Cl2N4O2S2. The summed E-state index contributed by atoms with van der Waals surface area (Å²) in [6, 6.07) is 13.7. The summed E-state index contributed by atoms with van der Waals surface area (Å²) in [4.78, 5) is 6.83. The molecule has 0 bridgehead atoms. The lowest BCUT2D eigenvalue weighted by Crippen LogP contribution is -2.54. The zero-order chi connectivity index (χ0) is 23.3. The van der Waals surface area contributed by atoms with E-state index in [1.165, 1.54) is 11.3 Å². The van der Waals surface area contributed by atoms with E-state index in [0.29, 0.717) is 32.6 Å². The predicted octanol–water partition coefficient (Wildman–Crippen LogP) is 5.82. The van der Waals surface area contributed by atoms with E-state index in [2.05, 4.69) is 33.8 Å². The average molecular weight is 538 g/mol. The molecule has 1 saturated heterocycles. The summed E-state index contributed by atoms with van der Waals surface area (Å²) in [5, 5.41) is 5.93. The summed E-state index contributed by atoms with van der Waals surface area (Å²) in [7, 11) is -3.76. The molecule has 0 saturated carbocycles. The van der Waals surface area contributed by atoms with Crippen molar-refractivity contribution in [1.82, 2.24) is 10.3 Å². The van der Waals surface area contributed by atoms with Crippen LogP contribution in [0.25, 0.3) is 21.0 Å². The highest BCUT2D eigenvalue weighted by molar-refractivity contribution is 7.94. The smallest absolute Gasteiger partial charge is 0.271 e. The lowest BCUT2D eigenvalue weighted by atomic mass is 10.1. The summed E-state index contributed by atoms with van der Waals surface area (Å²) in [5.41, 5.74) is 3.12. The lowest BCUT2D eigenvalue weighted by Gasteiger charge is -2.38. The number of hydrogen-bond donors (Lipinski definition) is 2. The Labute approximate surface area is 214 Å². The second kappa shape index (κ2) is 9.51. The van der Waals surface area contributed by atoms with Gasteiger partial charge >= 0.3 is 0 Å². The zero-order valence-corrected chi connectivity index (χ0v) is 22.2. The first-order valence-electron chi connectivity index (χ1n) is 10.8. The number of benzene rings is 2. The van der Waals surface area contributed by atoms with Crippen LogP contribution in [0.15, 0.2) is 52.9 Å². The van der Waals surface area contributed by atoms with Crippen LogP contribution >= 0.6 is 35.3 Å². The van der Waals surface area contributed by atoms with Gasteiger partial charge in [0, 0.05) is 57.9 Å². The van der Waals surface area contributed by atoms with Crippen LogP contribution in [0.4, 0.5) is 11.4 Å². The number of anilines is 2. The van der Waals surface area contributed by atoms with Gasteiger partial charge in [0.2, 0.25) is 0 Å². The van der Waals surface area contributed by atoms with Crippen molar-refractivity contribution in [1.29, 1.82) is 0 Å². The topological polar surface area (TPSA) is 74.3 Å². The number of rotatable bonds is 4. The fourth-order valence-electron chi connectivity index (χ4n) is 4.62. The highest BCUT2D eigenvalue weighted by Gasteiger charge is 2.24. The molecule has 3 heterocycles. The quantitative estimate of drug-likeness (QED) is 0.343. The van der Waals surface area contributed by atoms with E-state index >= 15 is 0 Å². The Morgan fingerprint density at radius 1 is 1.09 bits per heavy atom. The van der Waals surface area contributed by atoms with E-state index in [4.69, 9.17) is 11.6 Å². The molecule has 2 atom stereocenters. The van der Waals surface area contributed by atoms with Crippen LogP contribution in [-0.4, -0.2) is 38.6 Å². The standard InChI is InChI=1S/C24H25ClN4O2S2.ClH/c1-14-12-29(13-15(2)27-14)22-8-9-26-21-6-5-18(11-20(21)22)28-33(30,31)24-16(3)19-10-17(25)4-7-23(19)32-24;/h4-11,14-15,27-28H,12-13H2,1-3H3;1H. The third kappa shape index (κ3) is 4.70. The molecule has 0 amide bonds. The Morgan fingerprint density at radius 2 is 1.82 bits per heavy atom. The van der Waals surface area contributed by atoms with E-state index in [1.807, 2.05) is 43.5 Å². The summed E-state index contributed by atoms with van der Waals surface area (Å²) in [6.45, 7) is 7.92. The third-order valence-corrected chi connectivity index (χ3v) is 9.48. The number of sulfonamides is 1. The first-order valence-corrected chi connectivity index (χ1v) is 13.5. The molecule has 2 N–H and O–H groups in total. The highest BCUT2D eigenvalue weighted by atomic mass is 35.5. The Morgan fingerprint density at radius 3 is 2.56 bits per heavy atom. The van der Waals surface area contributed by atoms with Crippen molar-refractivity contribution in [3.05, 3.63) is 59.2 Å². The predicted molar refractivity (Wildman–Crippen MR) is 146 cm³/mol. The van der Waals surface area contributed by atoms with E-state index in [0.717, 1.165) is 39.8 Å². The molecule has 0 spiro atoms. The molecular weight excluding hydrogens is 511 g/mol. The fraction of sp³-hybridized carbons (Fsp3) is 0.292. The van der Waals surface area contributed by atoms with Gasteiger partial charge in [0.05, 0.1) is 5.52 Å². The van der Waals surface area contributed by atoms with Crippen LogP contribution < -0.4 is 14.9 Å². The molecule has 5 rings (SSSR count). The molecule has 10 heteroatoms. The van der Waals surface area contributed by atoms with E-state index in [9.17, 15) is 8.42 Å². The number of aromatic nitrogens is 1. The maximum Gasteiger partial charge on any atom is 0.271 e. The molecule has 1 aliphatic heterocycles. The minimum atomic E-state index is -3.76. The second-order valence-corrected chi connectivity index (χ2v) is 12.1. The van der Waals surface area contributed by atoms with Crippen molar-refractivity contribution in [2.75, 3.05) is 22.7 Å². The van der Waals surface area contributed by atoms with Crippen molar-refractivity contribution in [2.45, 2.75) is 37.1 Å². The SMILES string of the molecule is Cc1c(S(=O)(=O)Nc2ccc3nccc(N4CC(C)NC(C)C4)c3c2)sc2ccc(Cl)cc12.Cl. The van der Waals surface area contributed by atoms with Gasteiger partial charge in [-0.1, -0.05) is 11.6 Å². The summed E-state index contributed by atoms with van der Waals surface area (Å²) in [5.74, 6) is 0. The number of halogens is 2. The van der Waals surface area contributed by atoms with Gasteiger partial charge in [-0.05, 0) is 74.2 Å². The maximum atomic E-state index is 13.3. The zero-order valence-electron chi connectivity index (χ0n) is 19.0. The van der Waals surface area contributed by atoms with Crippen LogP contribution in [-0.2, 0) is 10.0 Å². The minimum Gasteiger partial charge on any atom is -0.368 e. The highest BCUT2D eigenvalue weighted by Crippen LogP contribution is 2.37. The van der Waals surface area contributed by atoms with Crippen LogP contribution in [0, 0.1) is 6.92 Å². The van der Waals surface area contributed by atoms with Crippen LogP contribution in [0.5, 0.6) is 0 Å². The van der Waals surface area contributed by atoms with Crippen LogP contribution in [0.3, 0.4) is 0 Å². The maximum absolute atomic E-state index is 13.3. The monoisotopic (exact) mass is 536 g/mol. The Bertz CT molecular complexity index is 1460. The molecule has 2 unspecified atom stereocenters. The van der Waals surface area contributed by atoms with Gasteiger partial charge < -0.3 is 10.2 Å². The van der Waals surface area contributed by atoms with Crippen molar-refractivity contribution in [3.8, 4) is 0 Å². The molecule has 4 aromatic rings. The van der Waals surface area contributed by atoms with Crippen LogP contribution in [0.2, 0.25) is 5.02 Å². The van der Waals surface area contributed by atoms with E-state index in [-0.39, 0.29) is 12.4 Å². The average Bonchev–Trinajstić information content (AvgIpc) is 3.09. The molecule has 2 aromatic carbocycles. The molecule has 34 heavy (non-hydrogen) atoms. The number of nitrogens with one attached hydrogen (secondary N) is 2. The van der Waals surface area contributed by atoms with E-state index < -0.39 is 10.0 Å². The largest absolute Gasteiger partial charge is 0.368 e. The molecule has 2 aromatic heterocycles. The first-order chi connectivity index (χ1) is 15.7. The first kappa shape index (κ1) is 25.0. The van der Waals surface area contributed by atoms with Gasteiger partial charge in [0.15, 0.2) is 0 Å². The Balaban J connectivity index is 0.00000274. The number of fused-ring (bicyclic) bond motifs is 2. The van der Waals surface area contributed by atoms with Gasteiger partial charge in [0.25, 0.3) is 10.0 Å². The summed E-state index contributed by atoms with van der Waals surface area (Å²) < 4.78 is 30.6. The second-order valence-electron chi connectivity index (χ2n) is 8.70. The van der Waals surface area contributed by atoms with Gasteiger partial charge in [-0.25, -0.2) is 8.42 Å². The summed E-state index contributed by atoms with van der Waals surface area (Å²) in [6.07, 6.45) is 1.81. The number of pyridine rings is 1. The van der Waals surface area contributed by atoms with E-state index in [1.54, 1.807) is 12.1 Å². The Hall–Kier alpha value is -2.10. The van der Waals surface area contributed by atoms with Gasteiger partial charge in [-0.15, -0.1) is 23.7 Å². The van der Waals surface area contributed by atoms with Crippen molar-refractivity contribution in [2.24, 2.45) is 0 Å². The van der Waals surface area contributed by atoms with Gasteiger partial charge in [0.1, 0.15) is 4.21 Å². The van der Waals surface area contributed by atoms with Gasteiger partial charge in [-0.2, -0.15) is 0 Å². The number of nitrogens with zero attached hydrogens (tertiary/aromatic N) is 2. The number of aryl methyl sites for hydroxylation is 1. The van der Waals surface area contributed by atoms with Crippen molar-refractivity contribution < 1.29 is 8.42 Å². The van der Waals surface area contributed by atoms with Crippen LogP contribution in [0.1, 0.15) is 19.4 Å². The summed E-state index contributed by atoms with van der Waals surface area (Å²) >= 11 is 7.37. The molecule has 180 valence electrons. The number of hydrogen-bond acceptors (Lipinski definition) is 6.